The molecule has 2 aromatic rings. The van der Waals surface area contributed by atoms with Gasteiger partial charge in [0.25, 0.3) is 0 Å². The van der Waals surface area contributed by atoms with Crippen molar-refractivity contribution < 1.29 is 8.42 Å². The number of hydrogen-bond acceptors (Lipinski definition) is 4. The van der Waals surface area contributed by atoms with Gasteiger partial charge in [0, 0.05) is 44.1 Å². The molecule has 21 heavy (non-hydrogen) atoms. The number of nitrogens with one attached hydrogen (secondary N) is 1. The third kappa shape index (κ3) is 2.49. The second-order valence-electron chi connectivity index (χ2n) is 5.55. The molecule has 3 rings (SSSR count). The van der Waals surface area contributed by atoms with Gasteiger partial charge in [-0.1, -0.05) is 0 Å². The summed E-state index contributed by atoms with van der Waals surface area (Å²) in [6, 6.07) is 0. The molecule has 0 saturated carbocycles. The molecule has 1 fully saturated rings. The molecule has 0 aliphatic carbocycles. The van der Waals surface area contributed by atoms with Gasteiger partial charge >= 0.3 is 0 Å². The van der Waals surface area contributed by atoms with Gasteiger partial charge in [0.15, 0.2) is 0 Å². The van der Waals surface area contributed by atoms with Crippen molar-refractivity contribution in [2.45, 2.75) is 31.1 Å². The van der Waals surface area contributed by atoms with Crippen LogP contribution in [-0.2, 0) is 17.1 Å². The van der Waals surface area contributed by atoms with Crippen molar-refractivity contribution in [3.8, 4) is 0 Å². The normalized spacial score (nSPS) is 20.2. The van der Waals surface area contributed by atoms with E-state index in [4.69, 9.17) is 0 Å². The first-order chi connectivity index (χ1) is 9.88. The lowest BCUT2D eigenvalue weighted by molar-refractivity contribution is 0.471. The molecule has 1 unspecified atom stereocenters. The van der Waals surface area contributed by atoms with Crippen LogP contribution in [0.3, 0.4) is 0 Å². The first-order valence-corrected chi connectivity index (χ1v) is 8.34. The lowest BCUT2D eigenvalue weighted by atomic mass is 10.1. The molecule has 0 aromatic carbocycles. The topological polar surface area (TPSA) is 83.9 Å². The predicted octanol–water partition coefficient (Wildman–Crippen LogP) is 0.938. The average Bonchev–Trinajstić information content (AvgIpc) is 3.08. The van der Waals surface area contributed by atoms with E-state index in [0.29, 0.717) is 23.7 Å². The predicted molar refractivity (Wildman–Crippen MR) is 77.4 cm³/mol. The molecule has 7 nitrogen and oxygen atoms in total. The van der Waals surface area contributed by atoms with Gasteiger partial charge in [0.1, 0.15) is 10.7 Å². The van der Waals surface area contributed by atoms with Gasteiger partial charge in [-0.05, 0) is 20.3 Å². The summed E-state index contributed by atoms with van der Waals surface area (Å²) in [5.74, 6) is 0.999. The molecule has 0 bridgehead atoms. The summed E-state index contributed by atoms with van der Waals surface area (Å²) in [5.41, 5.74) is 1.53. The van der Waals surface area contributed by atoms with E-state index < -0.39 is 10.0 Å². The van der Waals surface area contributed by atoms with Crippen molar-refractivity contribution in [2.75, 3.05) is 13.1 Å². The van der Waals surface area contributed by atoms with Crippen molar-refractivity contribution in [1.82, 2.24) is 24.1 Å². The van der Waals surface area contributed by atoms with E-state index in [-0.39, 0.29) is 5.92 Å². The fourth-order valence-electron chi connectivity index (χ4n) is 2.78. The van der Waals surface area contributed by atoms with Crippen LogP contribution in [0, 0.1) is 13.8 Å². The van der Waals surface area contributed by atoms with Crippen LogP contribution in [0.5, 0.6) is 0 Å². The SMILES string of the molecule is Cc1cnc(C2CCN(S(=O)(=O)c3cn(C)nc3C)C2)[nH]1. The van der Waals surface area contributed by atoms with Crippen LogP contribution < -0.4 is 0 Å². The van der Waals surface area contributed by atoms with Crippen LogP contribution in [-0.4, -0.2) is 45.6 Å². The van der Waals surface area contributed by atoms with E-state index in [1.165, 1.54) is 8.99 Å². The Morgan fingerprint density at radius 2 is 2.14 bits per heavy atom. The molecule has 1 aliphatic heterocycles. The van der Waals surface area contributed by atoms with E-state index in [2.05, 4.69) is 15.1 Å². The molecule has 0 amide bonds. The Morgan fingerprint density at radius 1 is 1.38 bits per heavy atom. The highest BCUT2D eigenvalue weighted by Crippen LogP contribution is 2.30. The van der Waals surface area contributed by atoms with Crippen LogP contribution >= 0.6 is 0 Å². The van der Waals surface area contributed by atoms with Crippen LogP contribution in [0.1, 0.15) is 29.6 Å². The second kappa shape index (κ2) is 4.96. The number of aryl methyl sites for hydroxylation is 3. The molecule has 1 atom stereocenters. The van der Waals surface area contributed by atoms with Crippen molar-refractivity contribution in [3.05, 3.63) is 29.6 Å². The van der Waals surface area contributed by atoms with Gasteiger partial charge in [0.05, 0.1) is 5.69 Å². The molecular formula is C13H19N5O2S. The minimum absolute atomic E-state index is 0.130. The third-order valence-electron chi connectivity index (χ3n) is 3.85. The zero-order valence-electron chi connectivity index (χ0n) is 12.4. The first kappa shape index (κ1) is 14.3. The quantitative estimate of drug-likeness (QED) is 0.914. The molecule has 8 heteroatoms. The van der Waals surface area contributed by atoms with Gasteiger partial charge in [-0.3, -0.25) is 4.68 Å². The van der Waals surface area contributed by atoms with E-state index in [0.717, 1.165) is 17.9 Å². The fourth-order valence-corrected chi connectivity index (χ4v) is 4.48. The Labute approximate surface area is 124 Å². The maximum absolute atomic E-state index is 12.7. The van der Waals surface area contributed by atoms with Gasteiger partial charge < -0.3 is 4.98 Å². The maximum atomic E-state index is 12.7. The number of aromatic amines is 1. The standard InChI is InChI=1S/C13H19N5O2S/c1-9-6-14-13(15-9)11-4-5-18(7-11)21(19,20)12-8-17(3)16-10(12)2/h6,8,11H,4-5,7H2,1-3H3,(H,14,15). The average molecular weight is 309 g/mol. The number of H-pyrrole nitrogens is 1. The molecule has 1 saturated heterocycles. The van der Waals surface area contributed by atoms with Crippen LogP contribution in [0.4, 0.5) is 0 Å². The summed E-state index contributed by atoms with van der Waals surface area (Å²) < 4.78 is 28.4. The number of nitrogens with zero attached hydrogens (tertiary/aromatic N) is 4. The summed E-state index contributed by atoms with van der Waals surface area (Å²) in [7, 11) is -1.75. The fraction of sp³-hybridized carbons (Fsp3) is 0.538. The Hall–Kier alpha value is -1.67. The van der Waals surface area contributed by atoms with Gasteiger partial charge in [0.2, 0.25) is 10.0 Å². The molecular weight excluding hydrogens is 290 g/mol. The van der Waals surface area contributed by atoms with Gasteiger partial charge in [-0.15, -0.1) is 0 Å². The van der Waals surface area contributed by atoms with E-state index in [1.807, 2.05) is 6.92 Å². The number of aromatic nitrogens is 4. The smallest absolute Gasteiger partial charge is 0.246 e. The van der Waals surface area contributed by atoms with Crippen molar-refractivity contribution in [3.63, 3.8) is 0 Å². The number of rotatable bonds is 3. The highest BCUT2D eigenvalue weighted by atomic mass is 32.2. The van der Waals surface area contributed by atoms with Crippen LogP contribution in [0.2, 0.25) is 0 Å². The largest absolute Gasteiger partial charge is 0.346 e. The molecule has 1 aliphatic rings. The van der Waals surface area contributed by atoms with E-state index in [1.54, 1.807) is 26.4 Å². The summed E-state index contributed by atoms with van der Waals surface area (Å²) in [4.78, 5) is 7.80. The zero-order chi connectivity index (χ0) is 15.2. The molecule has 3 heterocycles. The number of hydrogen-bond donors (Lipinski definition) is 1. The molecule has 0 spiro atoms. The van der Waals surface area contributed by atoms with Crippen molar-refractivity contribution >= 4 is 10.0 Å². The third-order valence-corrected chi connectivity index (χ3v) is 5.81. The molecule has 2 aromatic heterocycles. The van der Waals surface area contributed by atoms with Gasteiger partial charge in [-0.2, -0.15) is 9.40 Å². The maximum Gasteiger partial charge on any atom is 0.246 e. The van der Waals surface area contributed by atoms with E-state index >= 15 is 0 Å². The zero-order valence-corrected chi connectivity index (χ0v) is 13.2. The Morgan fingerprint density at radius 3 is 2.71 bits per heavy atom. The second-order valence-corrected chi connectivity index (χ2v) is 7.46. The minimum Gasteiger partial charge on any atom is -0.346 e. The summed E-state index contributed by atoms with van der Waals surface area (Å²) >= 11 is 0. The Kier molecular flexibility index (Phi) is 3.37. The Balaban J connectivity index is 1.84. The lowest BCUT2D eigenvalue weighted by Crippen LogP contribution is -2.29. The van der Waals surface area contributed by atoms with Crippen molar-refractivity contribution in [1.29, 1.82) is 0 Å². The van der Waals surface area contributed by atoms with Crippen LogP contribution in [0.15, 0.2) is 17.3 Å². The highest BCUT2D eigenvalue weighted by molar-refractivity contribution is 7.89. The van der Waals surface area contributed by atoms with Crippen molar-refractivity contribution in [2.24, 2.45) is 7.05 Å². The van der Waals surface area contributed by atoms with E-state index in [9.17, 15) is 8.42 Å². The van der Waals surface area contributed by atoms with Gasteiger partial charge in [-0.25, -0.2) is 13.4 Å². The monoisotopic (exact) mass is 309 g/mol. The summed E-state index contributed by atoms with van der Waals surface area (Å²) in [5, 5.41) is 4.12. The lowest BCUT2D eigenvalue weighted by Gasteiger charge is -2.15. The Bertz CT molecular complexity index is 761. The summed E-state index contributed by atoms with van der Waals surface area (Å²) in [6.07, 6.45) is 4.12. The number of imidazole rings is 1. The molecule has 1 N–H and O–H groups in total. The molecule has 0 radical (unpaired) electrons. The van der Waals surface area contributed by atoms with Crippen LogP contribution in [0.25, 0.3) is 0 Å². The highest BCUT2D eigenvalue weighted by Gasteiger charge is 2.35. The first-order valence-electron chi connectivity index (χ1n) is 6.90. The summed E-state index contributed by atoms with van der Waals surface area (Å²) in [6.45, 7) is 4.64. The number of sulfonamides is 1. The molecule has 114 valence electrons. The minimum atomic E-state index is -3.47.